The fourth-order valence-corrected chi connectivity index (χ4v) is 3.16. The molecule has 3 nitrogen and oxygen atoms in total. The molecule has 1 aliphatic heterocycles. The molecule has 0 atom stereocenters. The van der Waals surface area contributed by atoms with Crippen molar-refractivity contribution in [2.24, 2.45) is 0 Å². The monoisotopic (exact) mass is 386 g/mol. The normalized spacial score (nSPS) is 13.4. The number of carbonyl (C=O) groups is 1. The number of aromatic nitrogens is 1. The van der Waals surface area contributed by atoms with Gasteiger partial charge in [0.1, 0.15) is 5.15 Å². The molecule has 1 aromatic heterocycles. The number of anilines is 1. The molecule has 0 fully saturated rings. The Morgan fingerprint density at radius 2 is 2.18 bits per heavy atom. The van der Waals surface area contributed by atoms with Crippen LogP contribution in [0.4, 0.5) is 14.5 Å². The third-order valence-corrected chi connectivity index (χ3v) is 4.49. The van der Waals surface area contributed by atoms with E-state index in [4.69, 9.17) is 11.6 Å². The number of benzene rings is 1. The fraction of sp³-hybridized carbons (Fsp3) is 0.200. The summed E-state index contributed by atoms with van der Waals surface area (Å²) in [5.74, 6) is -2.33. The Labute approximate surface area is 139 Å². The van der Waals surface area contributed by atoms with Gasteiger partial charge in [0.25, 0.3) is 0 Å². The first-order valence-corrected chi connectivity index (χ1v) is 7.72. The van der Waals surface area contributed by atoms with Crippen molar-refractivity contribution in [2.75, 3.05) is 11.4 Å². The van der Waals surface area contributed by atoms with Crippen molar-refractivity contribution in [3.63, 3.8) is 0 Å². The second-order valence-electron chi connectivity index (χ2n) is 4.92. The number of halogens is 4. The Bertz CT molecular complexity index is 769. The number of nitrogens with zero attached hydrogens (tertiary/aromatic N) is 2. The van der Waals surface area contributed by atoms with Crippen LogP contribution in [0.2, 0.25) is 5.15 Å². The molecule has 0 radical (unpaired) electrons. The molecule has 0 aliphatic carbocycles. The lowest BCUT2D eigenvalue weighted by molar-refractivity contribution is -0.117. The van der Waals surface area contributed by atoms with Crippen molar-refractivity contribution in [1.82, 2.24) is 4.98 Å². The molecule has 1 amide bonds. The maximum Gasteiger partial charge on any atom is 0.231 e. The predicted octanol–water partition coefficient (Wildman–Crippen LogP) is 3.91. The average Bonchev–Trinajstić information content (AvgIpc) is 2.91. The van der Waals surface area contributed by atoms with Gasteiger partial charge < -0.3 is 4.90 Å². The predicted molar refractivity (Wildman–Crippen MR) is 83.1 cm³/mol. The fourth-order valence-electron chi connectivity index (χ4n) is 2.52. The molecule has 0 spiro atoms. The van der Waals surface area contributed by atoms with Gasteiger partial charge in [0.15, 0.2) is 11.6 Å². The number of carbonyl (C=O) groups excluding carboxylic acids is 1. The average molecular weight is 388 g/mol. The van der Waals surface area contributed by atoms with E-state index in [0.29, 0.717) is 24.1 Å². The number of amides is 1. The van der Waals surface area contributed by atoms with Gasteiger partial charge in [0.05, 0.1) is 16.6 Å². The third kappa shape index (κ3) is 2.61. The molecule has 1 aliphatic rings. The van der Waals surface area contributed by atoms with Crippen molar-refractivity contribution in [3.05, 3.63) is 56.8 Å². The van der Waals surface area contributed by atoms with Gasteiger partial charge in [-0.15, -0.1) is 0 Å². The van der Waals surface area contributed by atoms with Gasteiger partial charge in [-0.05, 0) is 45.6 Å². The van der Waals surface area contributed by atoms with Crippen molar-refractivity contribution in [3.8, 4) is 0 Å². The van der Waals surface area contributed by atoms with Gasteiger partial charge in [0.2, 0.25) is 5.91 Å². The minimum atomic E-state index is -1.01. The summed E-state index contributed by atoms with van der Waals surface area (Å²) in [5, 5.41) is 0.234. The van der Waals surface area contributed by atoms with E-state index < -0.39 is 11.6 Å². The largest absolute Gasteiger partial charge is 0.309 e. The molecule has 0 saturated heterocycles. The number of pyridine rings is 1. The number of rotatable bonds is 2. The zero-order chi connectivity index (χ0) is 15.9. The highest BCUT2D eigenvalue weighted by Crippen LogP contribution is 2.36. The Morgan fingerprint density at radius 1 is 1.41 bits per heavy atom. The van der Waals surface area contributed by atoms with E-state index in [9.17, 15) is 13.6 Å². The number of hydrogen-bond donors (Lipinski definition) is 0. The molecule has 3 rings (SSSR count). The van der Waals surface area contributed by atoms with Crippen molar-refractivity contribution in [2.45, 2.75) is 12.8 Å². The molecule has 2 heterocycles. The molecule has 0 bridgehead atoms. The van der Waals surface area contributed by atoms with Crippen molar-refractivity contribution in [1.29, 1.82) is 0 Å². The van der Waals surface area contributed by atoms with Gasteiger partial charge in [0, 0.05) is 12.7 Å². The zero-order valence-corrected chi connectivity index (χ0v) is 13.6. The molecule has 1 aromatic carbocycles. The Morgan fingerprint density at radius 3 is 2.91 bits per heavy atom. The molecule has 114 valence electrons. The highest BCUT2D eigenvalue weighted by atomic mass is 79.9. The van der Waals surface area contributed by atoms with E-state index in [0.717, 1.165) is 0 Å². The second-order valence-corrected chi connectivity index (χ2v) is 6.13. The first-order valence-electron chi connectivity index (χ1n) is 6.55. The first kappa shape index (κ1) is 15.4. The highest BCUT2D eigenvalue weighted by molar-refractivity contribution is 9.10. The number of hydrogen-bond acceptors (Lipinski definition) is 2. The first-order chi connectivity index (χ1) is 10.5. The molecular formula is C15H10BrClF2N2O. The van der Waals surface area contributed by atoms with E-state index >= 15 is 0 Å². The summed E-state index contributed by atoms with van der Waals surface area (Å²) in [6, 6.07) is 4.87. The van der Waals surface area contributed by atoms with Gasteiger partial charge in [-0.1, -0.05) is 17.7 Å². The molecule has 2 aromatic rings. The lowest BCUT2D eigenvalue weighted by Crippen LogP contribution is -2.31. The summed E-state index contributed by atoms with van der Waals surface area (Å²) >= 11 is 8.91. The van der Waals surface area contributed by atoms with E-state index in [1.165, 1.54) is 17.2 Å². The van der Waals surface area contributed by atoms with Gasteiger partial charge in [-0.2, -0.15) is 0 Å². The standard InChI is InChI=1S/C15H10BrClF2N2O/c16-10-6-8-3-5-21(14(8)13(19)12(10)18)11(22)7-9-2-1-4-20-15(9)17/h1-2,4,6H,3,5,7H2. The van der Waals surface area contributed by atoms with E-state index in [1.54, 1.807) is 12.1 Å². The SMILES string of the molecule is O=C(Cc1cccnc1Cl)N1CCc2cc(Br)c(F)c(F)c21. The molecule has 7 heteroatoms. The Balaban J connectivity index is 1.92. The van der Waals surface area contributed by atoms with Crippen LogP contribution in [0.15, 0.2) is 28.9 Å². The van der Waals surface area contributed by atoms with Crippen molar-refractivity contribution >= 4 is 39.1 Å². The topological polar surface area (TPSA) is 33.2 Å². The lowest BCUT2D eigenvalue weighted by atomic mass is 10.1. The quantitative estimate of drug-likeness (QED) is 0.578. The summed E-state index contributed by atoms with van der Waals surface area (Å²) in [5.41, 5.74) is 1.18. The lowest BCUT2D eigenvalue weighted by Gasteiger charge is -2.18. The molecule has 0 saturated carbocycles. The summed E-state index contributed by atoms with van der Waals surface area (Å²) in [6.45, 7) is 0.318. The summed E-state index contributed by atoms with van der Waals surface area (Å²) in [4.78, 5) is 17.6. The van der Waals surface area contributed by atoms with E-state index in [-0.39, 0.29) is 27.6 Å². The van der Waals surface area contributed by atoms with Crippen LogP contribution in [0.1, 0.15) is 11.1 Å². The van der Waals surface area contributed by atoms with Crippen LogP contribution in [-0.2, 0) is 17.6 Å². The maximum atomic E-state index is 14.2. The van der Waals surface area contributed by atoms with Crippen LogP contribution in [0, 0.1) is 11.6 Å². The smallest absolute Gasteiger partial charge is 0.231 e. The van der Waals surface area contributed by atoms with Crippen LogP contribution in [0.3, 0.4) is 0 Å². The minimum absolute atomic E-state index is 0.0107. The summed E-state index contributed by atoms with van der Waals surface area (Å²) in [6.07, 6.45) is 1.99. The number of fused-ring (bicyclic) bond motifs is 1. The minimum Gasteiger partial charge on any atom is -0.309 e. The summed E-state index contributed by atoms with van der Waals surface area (Å²) < 4.78 is 27.9. The second kappa shape index (κ2) is 5.93. The maximum absolute atomic E-state index is 14.2. The van der Waals surface area contributed by atoms with Gasteiger partial charge >= 0.3 is 0 Å². The Kier molecular flexibility index (Phi) is 4.14. The summed E-state index contributed by atoms with van der Waals surface area (Å²) in [7, 11) is 0. The van der Waals surface area contributed by atoms with E-state index in [1.807, 2.05) is 0 Å². The van der Waals surface area contributed by atoms with Crippen LogP contribution >= 0.6 is 27.5 Å². The molecule has 0 N–H and O–H groups in total. The van der Waals surface area contributed by atoms with E-state index in [2.05, 4.69) is 20.9 Å². The van der Waals surface area contributed by atoms with Crippen LogP contribution in [-0.4, -0.2) is 17.4 Å². The third-order valence-electron chi connectivity index (χ3n) is 3.57. The van der Waals surface area contributed by atoms with Crippen LogP contribution in [0.5, 0.6) is 0 Å². The van der Waals surface area contributed by atoms with Gasteiger partial charge in [-0.25, -0.2) is 13.8 Å². The molecule has 0 unspecified atom stereocenters. The van der Waals surface area contributed by atoms with Crippen molar-refractivity contribution < 1.29 is 13.6 Å². The zero-order valence-electron chi connectivity index (χ0n) is 11.2. The highest BCUT2D eigenvalue weighted by Gasteiger charge is 2.31. The van der Waals surface area contributed by atoms with Crippen LogP contribution < -0.4 is 4.90 Å². The Hall–Kier alpha value is -1.53. The van der Waals surface area contributed by atoms with Crippen LogP contribution in [0.25, 0.3) is 0 Å². The molecular weight excluding hydrogens is 378 g/mol. The molecule has 22 heavy (non-hydrogen) atoms. The van der Waals surface area contributed by atoms with Gasteiger partial charge in [-0.3, -0.25) is 4.79 Å².